The third-order valence-corrected chi connectivity index (χ3v) is 4.94. The molecule has 1 aromatic heterocycles. The normalized spacial score (nSPS) is 12.2. The van der Waals surface area contributed by atoms with Gasteiger partial charge in [-0.15, -0.1) is 0 Å². The lowest BCUT2D eigenvalue weighted by Gasteiger charge is -2.17. The second kappa shape index (κ2) is 6.64. The molecule has 26 heavy (non-hydrogen) atoms. The summed E-state index contributed by atoms with van der Waals surface area (Å²) >= 11 is 0. The van der Waals surface area contributed by atoms with Crippen LogP contribution in [0.25, 0.3) is 10.9 Å². The average molecular weight is 339 g/mol. The summed E-state index contributed by atoms with van der Waals surface area (Å²) in [5.74, 6) is -0.201. The van der Waals surface area contributed by atoms with Crippen LogP contribution in [-0.2, 0) is 0 Å². The highest BCUT2D eigenvalue weighted by Gasteiger charge is 2.26. The SMILES string of the molecule is Cc1ccc(C(=O)C(c2ccc(C)cc2)c2c[nH]c3ccccc23)cc1. The van der Waals surface area contributed by atoms with Crippen molar-refractivity contribution in [1.82, 2.24) is 4.98 Å². The minimum atomic E-state index is -0.325. The fourth-order valence-electron chi connectivity index (χ4n) is 3.45. The standard InChI is InChI=1S/C24H21NO/c1-16-7-11-18(12-8-16)23(24(26)19-13-9-17(2)10-14-19)21-15-25-22-6-4-3-5-20(21)22/h3-15,23,25H,1-2H3. The fourth-order valence-corrected chi connectivity index (χ4v) is 3.45. The number of aromatic nitrogens is 1. The van der Waals surface area contributed by atoms with Crippen LogP contribution >= 0.6 is 0 Å². The molecule has 0 radical (unpaired) electrons. The van der Waals surface area contributed by atoms with E-state index in [2.05, 4.69) is 42.2 Å². The van der Waals surface area contributed by atoms with E-state index in [9.17, 15) is 4.79 Å². The van der Waals surface area contributed by atoms with E-state index in [-0.39, 0.29) is 11.7 Å². The van der Waals surface area contributed by atoms with Crippen LogP contribution in [0.15, 0.2) is 79.0 Å². The molecule has 1 unspecified atom stereocenters. The van der Waals surface area contributed by atoms with Crippen LogP contribution < -0.4 is 0 Å². The zero-order chi connectivity index (χ0) is 18.1. The minimum absolute atomic E-state index is 0.124. The smallest absolute Gasteiger partial charge is 0.174 e. The molecule has 4 aromatic rings. The van der Waals surface area contributed by atoms with Gasteiger partial charge >= 0.3 is 0 Å². The van der Waals surface area contributed by atoms with Gasteiger partial charge in [0, 0.05) is 22.7 Å². The van der Waals surface area contributed by atoms with E-state index in [1.807, 2.05) is 55.6 Å². The summed E-state index contributed by atoms with van der Waals surface area (Å²) in [6, 6.07) is 24.2. The van der Waals surface area contributed by atoms with Gasteiger partial charge in [0.2, 0.25) is 0 Å². The highest BCUT2D eigenvalue weighted by atomic mass is 16.1. The molecule has 1 N–H and O–H groups in total. The van der Waals surface area contributed by atoms with Crippen LogP contribution in [0.5, 0.6) is 0 Å². The Labute approximate surface area is 153 Å². The molecular weight excluding hydrogens is 318 g/mol. The minimum Gasteiger partial charge on any atom is -0.361 e. The molecule has 0 aliphatic carbocycles. The summed E-state index contributed by atoms with van der Waals surface area (Å²) in [5, 5.41) is 1.10. The van der Waals surface area contributed by atoms with E-state index < -0.39 is 0 Å². The summed E-state index contributed by atoms with van der Waals surface area (Å²) in [5.41, 5.74) is 6.18. The number of Topliss-reactive ketones (excluding diaryl/α,β-unsaturated/α-hetero) is 1. The number of para-hydroxylation sites is 1. The molecule has 1 atom stereocenters. The number of carbonyl (C=O) groups is 1. The molecule has 0 aliphatic heterocycles. The van der Waals surface area contributed by atoms with Crippen LogP contribution in [0.1, 0.15) is 38.5 Å². The van der Waals surface area contributed by atoms with Crippen LogP contribution in [0.3, 0.4) is 0 Å². The first-order chi connectivity index (χ1) is 12.6. The number of rotatable bonds is 4. The molecule has 4 rings (SSSR count). The number of fused-ring (bicyclic) bond motifs is 1. The molecule has 2 heteroatoms. The number of hydrogen-bond donors (Lipinski definition) is 1. The Morgan fingerprint density at radius 2 is 1.42 bits per heavy atom. The van der Waals surface area contributed by atoms with Gasteiger partial charge in [-0.1, -0.05) is 77.9 Å². The molecule has 1 heterocycles. The van der Waals surface area contributed by atoms with Gasteiger partial charge in [-0.05, 0) is 31.0 Å². The summed E-state index contributed by atoms with van der Waals surface area (Å²) < 4.78 is 0. The van der Waals surface area contributed by atoms with Gasteiger partial charge in [-0.2, -0.15) is 0 Å². The molecule has 0 saturated carbocycles. The molecule has 0 spiro atoms. The number of benzene rings is 3. The van der Waals surface area contributed by atoms with Crippen LogP contribution in [0.2, 0.25) is 0 Å². The van der Waals surface area contributed by atoms with E-state index in [0.29, 0.717) is 0 Å². The molecule has 128 valence electrons. The number of aromatic amines is 1. The summed E-state index contributed by atoms with van der Waals surface area (Å²) in [6.07, 6.45) is 1.97. The maximum atomic E-state index is 13.5. The molecule has 0 bridgehead atoms. The fraction of sp³-hybridized carbons (Fsp3) is 0.125. The lowest BCUT2D eigenvalue weighted by Crippen LogP contribution is -2.14. The Morgan fingerprint density at radius 1 is 0.808 bits per heavy atom. The first-order valence-corrected chi connectivity index (χ1v) is 8.87. The van der Waals surface area contributed by atoms with E-state index in [1.54, 1.807) is 0 Å². The predicted molar refractivity (Wildman–Crippen MR) is 107 cm³/mol. The number of aryl methyl sites for hydroxylation is 2. The molecular formula is C24H21NO. The topological polar surface area (TPSA) is 32.9 Å². The number of carbonyl (C=O) groups excluding carboxylic acids is 1. The van der Waals surface area contributed by atoms with Crippen molar-refractivity contribution in [2.75, 3.05) is 0 Å². The third kappa shape index (κ3) is 2.95. The Hall–Kier alpha value is -3.13. The summed E-state index contributed by atoms with van der Waals surface area (Å²) in [7, 11) is 0. The van der Waals surface area contributed by atoms with E-state index in [4.69, 9.17) is 0 Å². The number of hydrogen-bond acceptors (Lipinski definition) is 1. The van der Waals surface area contributed by atoms with Crippen molar-refractivity contribution < 1.29 is 4.79 Å². The van der Waals surface area contributed by atoms with Gasteiger partial charge in [0.1, 0.15) is 0 Å². The number of H-pyrrole nitrogens is 1. The zero-order valence-electron chi connectivity index (χ0n) is 15.0. The van der Waals surface area contributed by atoms with Gasteiger partial charge in [0.15, 0.2) is 5.78 Å². The van der Waals surface area contributed by atoms with Crippen molar-refractivity contribution in [2.45, 2.75) is 19.8 Å². The van der Waals surface area contributed by atoms with Crippen molar-refractivity contribution >= 4 is 16.7 Å². The van der Waals surface area contributed by atoms with Crippen molar-refractivity contribution in [2.24, 2.45) is 0 Å². The second-order valence-corrected chi connectivity index (χ2v) is 6.86. The molecule has 2 nitrogen and oxygen atoms in total. The van der Waals surface area contributed by atoms with Gasteiger partial charge < -0.3 is 4.98 Å². The van der Waals surface area contributed by atoms with Crippen molar-refractivity contribution in [3.05, 3.63) is 107 Å². The Kier molecular flexibility index (Phi) is 4.18. The maximum absolute atomic E-state index is 13.5. The quantitative estimate of drug-likeness (QED) is 0.468. The molecule has 0 saturated heterocycles. The molecule has 0 aliphatic rings. The van der Waals surface area contributed by atoms with Gasteiger partial charge in [0.05, 0.1) is 5.92 Å². The second-order valence-electron chi connectivity index (χ2n) is 6.86. The maximum Gasteiger partial charge on any atom is 0.174 e. The van der Waals surface area contributed by atoms with Gasteiger partial charge in [-0.25, -0.2) is 0 Å². The average Bonchev–Trinajstić information content (AvgIpc) is 3.08. The third-order valence-electron chi connectivity index (χ3n) is 4.94. The Morgan fingerprint density at radius 3 is 2.12 bits per heavy atom. The van der Waals surface area contributed by atoms with Crippen LogP contribution in [0.4, 0.5) is 0 Å². The highest BCUT2D eigenvalue weighted by molar-refractivity contribution is 6.05. The molecule has 0 fully saturated rings. The number of ketones is 1. The molecule has 3 aromatic carbocycles. The van der Waals surface area contributed by atoms with Crippen LogP contribution in [-0.4, -0.2) is 10.8 Å². The van der Waals surface area contributed by atoms with Crippen molar-refractivity contribution in [3.8, 4) is 0 Å². The van der Waals surface area contributed by atoms with Crippen molar-refractivity contribution in [3.63, 3.8) is 0 Å². The number of nitrogens with one attached hydrogen (secondary N) is 1. The predicted octanol–water partition coefficient (Wildman–Crippen LogP) is 5.80. The zero-order valence-corrected chi connectivity index (χ0v) is 15.0. The lowest BCUT2D eigenvalue weighted by atomic mass is 9.84. The largest absolute Gasteiger partial charge is 0.361 e. The Balaban J connectivity index is 1.88. The van der Waals surface area contributed by atoms with Gasteiger partial charge in [-0.3, -0.25) is 4.79 Å². The Bertz CT molecular complexity index is 1060. The highest BCUT2D eigenvalue weighted by Crippen LogP contribution is 2.33. The summed E-state index contributed by atoms with van der Waals surface area (Å²) in [4.78, 5) is 16.8. The van der Waals surface area contributed by atoms with Gasteiger partial charge in [0.25, 0.3) is 0 Å². The first kappa shape index (κ1) is 16.3. The van der Waals surface area contributed by atoms with E-state index in [1.165, 1.54) is 5.56 Å². The summed E-state index contributed by atoms with van der Waals surface area (Å²) in [6.45, 7) is 4.09. The van der Waals surface area contributed by atoms with Crippen molar-refractivity contribution in [1.29, 1.82) is 0 Å². The van der Waals surface area contributed by atoms with E-state index >= 15 is 0 Å². The van der Waals surface area contributed by atoms with E-state index in [0.717, 1.165) is 33.2 Å². The molecule has 0 amide bonds. The first-order valence-electron chi connectivity index (χ1n) is 8.87. The monoisotopic (exact) mass is 339 g/mol. The van der Waals surface area contributed by atoms with Crippen LogP contribution in [0, 0.1) is 13.8 Å². The lowest BCUT2D eigenvalue weighted by molar-refractivity contribution is 0.0974.